The average Bonchev–Trinajstić information content (AvgIpc) is 2.72. The Morgan fingerprint density at radius 2 is 1.90 bits per heavy atom. The molecule has 8 heteroatoms. The SMILES string of the molecule is CC(C)(C)n1c(-c2cccc(F)c2)nnc1S(N)(=O)=O. The molecular weight excluding hydrogens is 283 g/mol. The number of sulfonamides is 1. The van der Waals surface area contributed by atoms with Crippen molar-refractivity contribution in [2.75, 3.05) is 0 Å². The summed E-state index contributed by atoms with van der Waals surface area (Å²) in [5.74, 6) is -0.191. The standard InChI is InChI=1S/C12H15FN4O2S/c1-12(2,3)17-10(8-5-4-6-9(13)7-8)15-16-11(17)20(14,18)19/h4-7H,1-3H3,(H2,14,18,19). The summed E-state index contributed by atoms with van der Waals surface area (Å²) in [4.78, 5) is 0. The van der Waals surface area contributed by atoms with E-state index in [1.807, 2.05) is 0 Å². The zero-order valence-corrected chi connectivity index (χ0v) is 12.1. The van der Waals surface area contributed by atoms with Crippen LogP contribution in [0.3, 0.4) is 0 Å². The van der Waals surface area contributed by atoms with E-state index in [1.54, 1.807) is 26.8 Å². The Labute approximate surface area is 116 Å². The largest absolute Gasteiger partial charge is 0.291 e. The quantitative estimate of drug-likeness (QED) is 0.909. The Hall–Kier alpha value is -1.80. The first kappa shape index (κ1) is 14.6. The van der Waals surface area contributed by atoms with Gasteiger partial charge in [-0.15, -0.1) is 10.2 Å². The molecular formula is C12H15FN4O2S. The number of aromatic nitrogens is 3. The monoisotopic (exact) mass is 298 g/mol. The minimum Gasteiger partial charge on any atom is -0.291 e. The number of benzene rings is 1. The van der Waals surface area contributed by atoms with E-state index >= 15 is 0 Å². The van der Waals surface area contributed by atoms with Gasteiger partial charge in [0.15, 0.2) is 5.82 Å². The van der Waals surface area contributed by atoms with Crippen LogP contribution in [0, 0.1) is 5.82 Å². The summed E-state index contributed by atoms with van der Waals surface area (Å²) in [7, 11) is -4.02. The van der Waals surface area contributed by atoms with Gasteiger partial charge < -0.3 is 0 Å². The highest BCUT2D eigenvalue weighted by Crippen LogP contribution is 2.27. The number of nitrogens with zero attached hydrogens (tertiary/aromatic N) is 3. The highest BCUT2D eigenvalue weighted by atomic mass is 32.2. The molecule has 0 fully saturated rings. The summed E-state index contributed by atoms with van der Waals surface area (Å²) in [5, 5.41) is 12.3. The van der Waals surface area contributed by atoms with Crippen molar-refractivity contribution in [3.8, 4) is 11.4 Å². The summed E-state index contributed by atoms with van der Waals surface area (Å²) in [6.45, 7) is 5.36. The van der Waals surface area contributed by atoms with Crippen LogP contribution in [-0.2, 0) is 15.6 Å². The molecule has 0 spiro atoms. The van der Waals surface area contributed by atoms with Gasteiger partial charge in [-0.25, -0.2) is 17.9 Å². The van der Waals surface area contributed by atoms with Gasteiger partial charge in [0.2, 0.25) is 0 Å². The topological polar surface area (TPSA) is 90.9 Å². The van der Waals surface area contributed by atoms with Crippen LogP contribution in [0.25, 0.3) is 11.4 Å². The molecule has 1 aromatic carbocycles. The third-order valence-corrected chi connectivity index (χ3v) is 3.41. The molecule has 0 amide bonds. The first-order valence-electron chi connectivity index (χ1n) is 5.85. The molecule has 0 aliphatic rings. The zero-order chi connectivity index (χ0) is 15.1. The van der Waals surface area contributed by atoms with E-state index in [-0.39, 0.29) is 11.0 Å². The second-order valence-electron chi connectivity index (χ2n) is 5.37. The van der Waals surface area contributed by atoms with E-state index in [1.165, 1.54) is 22.8 Å². The Morgan fingerprint density at radius 3 is 2.40 bits per heavy atom. The zero-order valence-electron chi connectivity index (χ0n) is 11.3. The highest BCUT2D eigenvalue weighted by molar-refractivity contribution is 7.89. The second kappa shape index (κ2) is 4.64. The Bertz CT molecular complexity index is 747. The third kappa shape index (κ3) is 2.70. The maximum absolute atomic E-state index is 13.3. The van der Waals surface area contributed by atoms with Gasteiger partial charge in [0.1, 0.15) is 5.82 Å². The fourth-order valence-corrected chi connectivity index (χ4v) is 2.64. The van der Waals surface area contributed by atoms with Gasteiger partial charge in [-0.2, -0.15) is 0 Å². The molecule has 1 aromatic heterocycles. The second-order valence-corrected chi connectivity index (χ2v) is 6.82. The molecule has 2 rings (SSSR count). The van der Waals surface area contributed by atoms with Crippen LogP contribution in [0.5, 0.6) is 0 Å². The molecule has 0 radical (unpaired) electrons. The molecule has 20 heavy (non-hydrogen) atoms. The predicted molar refractivity (Wildman–Crippen MR) is 71.8 cm³/mol. The van der Waals surface area contributed by atoms with E-state index in [0.717, 1.165) is 0 Å². The van der Waals surface area contributed by atoms with Crippen molar-refractivity contribution in [3.63, 3.8) is 0 Å². The molecule has 0 unspecified atom stereocenters. The maximum atomic E-state index is 13.3. The molecule has 0 aliphatic carbocycles. The number of primary sulfonamides is 1. The summed E-state index contributed by atoms with van der Waals surface area (Å²) >= 11 is 0. The summed E-state index contributed by atoms with van der Waals surface area (Å²) in [6, 6.07) is 5.70. The smallest absolute Gasteiger partial charge is 0.273 e. The van der Waals surface area contributed by atoms with Crippen LogP contribution in [-0.4, -0.2) is 23.2 Å². The van der Waals surface area contributed by atoms with E-state index in [9.17, 15) is 12.8 Å². The van der Waals surface area contributed by atoms with Gasteiger partial charge >= 0.3 is 0 Å². The van der Waals surface area contributed by atoms with Crippen molar-refractivity contribution in [1.82, 2.24) is 14.8 Å². The minimum absolute atomic E-state index is 0.251. The lowest BCUT2D eigenvalue weighted by molar-refractivity contribution is 0.366. The van der Waals surface area contributed by atoms with E-state index in [4.69, 9.17) is 5.14 Å². The van der Waals surface area contributed by atoms with Crippen molar-refractivity contribution in [2.45, 2.75) is 31.5 Å². The molecule has 0 saturated heterocycles. The average molecular weight is 298 g/mol. The van der Waals surface area contributed by atoms with Crippen LogP contribution in [0.15, 0.2) is 29.4 Å². The van der Waals surface area contributed by atoms with Gasteiger partial charge in [0, 0.05) is 11.1 Å². The van der Waals surface area contributed by atoms with Crippen molar-refractivity contribution in [2.24, 2.45) is 5.14 Å². The van der Waals surface area contributed by atoms with Crippen LogP contribution >= 0.6 is 0 Å². The van der Waals surface area contributed by atoms with Crippen molar-refractivity contribution in [1.29, 1.82) is 0 Å². The molecule has 0 atom stereocenters. The first-order valence-corrected chi connectivity index (χ1v) is 7.40. The fourth-order valence-electron chi connectivity index (χ4n) is 1.87. The van der Waals surface area contributed by atoms with Crippen molar-refractivity contribution in [3.05, 3.63) is 30.1 Å². The highest BCUT2D eigenvalue weighted by Gasteiger charge is 2.29. The lowest BCUT2D eigenvalue weighted by Crippen LogP contribution is -2.29. The van der Waals surface area contributed by atoms with Gasteiger partial charge in [0.05, 0.1) is 0 Å². The molecule has 0 aliphatic heterocycles. The summed E-state index contributed by atoms with van der Waals surface area (Å²) in [5.41, 5.74) is -0.199. The molecule has 0 bridgehead atoms. The number of nitrogens with two attached hydrogens (primary N) is 1. The lowest BCUT2D eigenvalue weighted by Gasteiger charge is -2.24. The van der Waals surface area contributed by atoms with Crippen LogP contribution in [0.4, 0.5) is 4.39 Å². The first-order chi connectivity index (χ1) is 9.10. The van der Waals surface area contributed by atoms with Gasteiger partial charge in [0.25, 0.3) is 15.2 Å². The minimum atomic E-state index is -4.02. The van der Waals surface area contributed by atoms with Crippen LogP contribution in [0.1, 0.15) is 20.8 Å². The van der Waals surface area contributed by atoms with Gasteiger partial charge in [-0.3, -0.25) is 4.57 Å². The molecule has 108 valence electrons. The van der Waals surface area contributed by atoms with E-state index < -0.39 is 21.4 Å². The van der Waals surface area contributed by atoms with Crippen LogP contribution < -0.4 is 5.14 Å². The number of rotatable bonds is 2. The number of hydrogen-bond donors (Lipinski definition) is 1. The van der Waals surface area contributed by atoms with Gasteiger partial charge in [-0.1, -0.05) is 12.1 Å². The number of halogens is 1. The van der Waals surface area contributed by atoms with Crippen LogP contribution in [0.2, 0.25) is 0 Å². The molecule has 2 N–H and O–H groups in total. The predicted octanol–water partition coefficient (Wildman–Crippen LogP) is 1.49. The fraction of sp³-hybridized carbons (Fsp3) is 0.333. The van der Waals surface area contributed by atoms with Gasteiger partial charge in [-0.05, 0) is 32.9 Å². The van der Waals surface area contributed by atoms with E-state index in [0.29, 0.717) is 5.56 Å². The molecule has 6 nitrogen and oxygen atoms in total. The Kier molecular flexibility index (Phi) is 3.39. The van der Waals surface area contributed by atoms with Crippen molar-refractivity contribution < 1.29 is 12.8 Å². The Balaban J connectivity index is 2.76. The third-order valence-electron chi connectivity index (χ3n) is 2.64. The summed E-state index contributed by atoms with van der Waals surface area (Å²) in [6.07, 6.45) is 0. The summed E-state index contributed by atoms with van der Waals surface area (Å²) < 4.78 is 37.9. The number of hydrogen-bond acceptors (Lipinski definition) is 4. The molecule has 1 heterocycles. The normalized spacial score (nSPS) is 12.7. The lowest BCUT2D eigenvalue weighted by atomic mass is 10.1. The van der Waals surface area contributed by atoms with Crippen molar-refractivity contribution >= 4 is 10.0 Å². The maximum Gasteiger partial charge on any atom is 0.273 e. The Morgan fingerprint density at radius 1 is 1.25 bits per heavy atom. The van der Waals surface area contributed by atoms with E-state index in [2.05, 4.69) is 10.2 Å². The molecule has 2 aromatic rings. The molecule has 0 saturated carbocycles.